The molecule has 7 nitrogen and oxygen atoms in total. The SMILES string of the molecule is COc1ccc(S(=O)(=O)N(CC(=O)Nc2cccc(C#N)c2)Cc2ccccc2)cc1Cl. The summed E-state index contributed by atoms with van der Waals surface area (Å²) in [6, 6.07) is 21.5. The summed E-state index contributed by atoms with van der Waals surface area (Å²) in [5, 5.41) is 11.8. The number of carbonyl (C=O) groups is 1. The van der Waals surface area contributed by atoms with Gasteiger partial charge in [0, 0.05) is 12.2 Å². The molecule has 0 atom stereocenters. The van der Waals surface area contributed by atoms with E-state index in [2.05, 4.69) is 5.32 Å². The van der Waals surface area contributed by atoms with E-state index in [1.807, 2.05) is 12.1 Å². The molecular formula is C23H20ClN3O4S. The van der Waals surface area contributed by atoms with Crippen molar-refractivity contribution in [1.82, 2.24) is 4.31 Å². The number of amides is 1. The highest BCUT2D eigenvalue weighted by molar-refractivity contribution is 7.89. The normalized spacial score (nSPS) is 11.1. The summed E-state index contributed by atoms with van der Waals surface area (Å²) in [6.07, 6.45) is 0. The number of ether oxygens (including phenoxy) is 1. The molecule has 9 heteroatoms. The molecular weight excluding hydrogens is 450 g/mol. The van der Waals surface area contributed by atoms with Crippen molar-refractivity contribution in [3.8, 4) is 11.8 Å². The van der Waals surface area contributed by atoms with Crippen molar-refractivity contribution in [1.29, 1.82) is 5.26 Å². The highest BCUT2D eigenvalue weighted by atomic mass is 35.5. The number of halogens is 1. The number of sulfonamides is 1. The van der Waals surface area contributed by atoms with Crippen molar-refractivity contribution in [3.05, 3.63) is 88.9 Å². The van der Waals surface area contributed by atoms with E-state index >= 15 is 0 Å². The molecule has 3 aromatic carbocycles. The quantitative estimate of drug-likeness (QED) is 0.536. The first-order valence-electron chi connectivity index (χ1n) is 9.51. The van der Waals surface area contributed by atoms with Gasteiger partial charge >= 0.3 is 0 Å². The van der Waals surface area contributed by atoms with Crippen molar-refractivity contribution < 1.29 is 17.9 Å². The lowest BCUT2D eigenvalue weighted by molar-refractivity contribution is -0.116. The molecule has 0 radical (unpaired) electrons. The van der Waals surface area contributed by atoms with E-state index < -0.39 is 22.5 Å². The van der Waals surface area contributed by atoms with Gasteiger partial charge in [0.25, 0.3) is 0 Å². The smallest absolute Gasteiger partial charge is 0.243 e. The Bertz CT molecular complexity index is 1260. The number of benzene rings is 3. The Morgan fingerprint density at radius 2 is 1.84 bits per heavy atom. The zero-order chi connectivity index (χ0) is 23.1. The summed E-state index contributed by atoms with van der Waals surface area (Å²) >= 11 is 6.13. The summed E-state index contributed by atoms with van der Waals surface area (Å²) < 4.78 is 32.9. The summed E-state index contributed by atoms with van der Waals surface area (Å²) in [6.45, 7) is -0.448. The van der Waals surface area contributed by atoms with Gasteiger partial charge in [-0.05, 0) is 42.0 Å². The second kappa shape index (κ2) is 10.3. The molecule has 0 heterocycles. The maximum atomic E-state index is 13.4. The number of hydrogen-bond donors (Lipinski definition) is 1. The second-order valence-corrected chi connectivity index (χ2v) is 9.14. The van der Waals surface area contributed by atoms with Gasteiger partial charge in [-0.2, -0.15) is 9.57 Å². The average molecular weight is 470 g/mol. The Labute approximate surface area is 191 Å². The van der Waals surface area contributed by atoms with Gasteiger partial charge in [0.05, 0.1) is 35.2 Å². The first-order chi connectivity index (χ1) is 15.3. The molecule has 32 heavy (non-hydrogen) atoms. The first kappa shape index (κ1) is 23.3. The van der Waals surface area contributed by atoms with Crippen LogP contribution in [-0.2, 0) is 21.4 Å². The molecule has 0 saturated heterocycles. The topological polar surface area (TPSA) is 99.5 Å². The molecule has 0 aliphatic carbocycles. The molecule has 0 aliphatic rings. The number of nitriles is 1. The fraction of sp³-hybridized carbons (Fsp3) is 0.130. The van der Waals surface area contributed by atoms with Gasteiger partial charge in [-0.15, -0.1) is 0 Å². The van der Waals surface area contributed by atoms with Crippen molar-refractivity contribution in [3.63, 3.8) is 0 Å². The molecule has 0 aromatic heterocycles. The highest BCUT2D eigenvalue weighted by Gasteiger charge is 2.28. The maximum Gasteiger partial charge on any atom is 0.243 e. The summed E-state index contributed by atoms with van der Waals surface area (Å²) in [4.78, 5) is 12.7. The number of rotatable bonds is 8. The number of methoxy groups -OCH3 is 1. The number of hydrogen-bond acceptors (Lipinski definition) is 5. The van der Waals surface area contributed by atoms with Crippen molar-refractivity contribution >= 4 is 33.2 Å². The van der Waals surface area contributed by atoms with Crippen LogP contribution in [0.1, 0.15) is 11.1 Å². The molecule has 0 fully saturated rings. The average Bonchev–Trinajstić information content (AvgIpc) is 2.79. The van der Waals surface area contributed by atoms with E-state index in [9.17, 15) is 13.2 Å². The number of anilines is 1. The third kappa shape index (κ3) is 5.65. The molecule has 0 bridgehead atoms. The Kier molecular flexibility index (Phi) is 7.49. The first-order valence-corrected chi connectivity index (χ1v) is 11.3. The lowest BCUT2D eigenvalue weighted by Gasteiger charge is -2.22. The molecule has 0 aliphatic heterocycles. The Morgan fingerprint density at radius 3 is 2.50 bits per heavy atom. The minimum atomic E-state index is -4.07. The number of nitrogens with zero attached hydrogens (tertiary/aromatic N) is 2. The molecule has 0 saturated carbocycles. The van der Waals surface area contributed by atoms with Gasteiger partial charge in [0.2, 0.25) is 15.9 Å². The Hall–Kier alpha value is -3.38. The largest absolute Gasteiger partial charge is 0.495 e. The monoisotopic (exact) mass is 469 g/mol. The van der Waals surface area contributed by atoms with Gasteiger partial charge in [0.1, 0.15) is 5.75 Å². The fourth-order valence-corrected chi connectivity index (χ4v) is 4.73. The van der Waals surface area contributed by atoms with E-state index in [0.717, 1.165) is 9.87 Å². The summed E-state index contributed by atoms with van der Waals surface area (Å²) in [7, 11) is -2.63. The van der Waals surface area contributed by atoms with Crippen LogP contribution in [-0.4, -0.2) is 32.3 Å². The standard InChI is InChI=1S/C23H20ClN3O4S/c1-31-22-11-10-20(13-21(22)24)32(29,30)27(15-17-6-3-2-4-7-17)16-23(28)26-19-9-5-8-18(12-19)14-25/h2-13H,15-16H2,1H3,(H,26,28). The van der Waals surface area contributed by atoms with Gasteiger partial charge < -0.3 is 10.1 Å². The van der Waals surface area contributed by atoms with Crippen molar-refractivity contribution in [2.24, 2.45) is 0 Å². The highest BCUT2D eigenvalue weighted by Crippen LogP contribution is 2.29. The molecule has 3 rings (SSSR count). The third-order valence-electron chi connectivity index (χ3n) is 4.56. The zero-order valence-electron chi connectivity index (χ0n) is 17.2. The minimum absolute atomic E-state index is 0.0154. The van der Waals surface area contributed by atoms with Crippen LogP contribution in [0.5, 0.6) is 5.75 Å². The third-order valence-corrected chi connectivity index (χ3v) is 6.64. The van der Waals surface area contributed by atoms with E-state index in [4.69, 9.17) is 21.6 Å². The molecule has 0 spiro atoms. The summed E-state index contributed by atoms with van der Waals surface area (Å²) in [5.41, 5.74) is 1.50. The molecule has 0 unspecified atom stereocenters. The maximum absolute atomic E-state index is 13.4. The van der Waals surface area contributed by atoms with Crippen LogP contribution in [0.25, 0.3) is 0 Å². The van der Waals surface area contributed by atoms with Gasteiger partial charge in [-0.25, -0.2) is 8.42 Å². The van der Waals surface area contributed by atoms with Crippen LogP contribution in [0.2, 0.25) is 5.02 Å². The predicted octanol–water partition coefficient (Wildman–Crippen LogP) is 4.05. The number of carbonyl (C=O) groups excluding carboxylic acids is 1. The van der Waals surface area contributed by atoms with Crippen LogP contribution >= 0.6 is 11.6 Å². The van der Waals surface area contributed by atoms with E-state index in [1.54, 1.807) is 42.5 Å². The summed E-state index contributed by atoms with van der Waals surface area (Å²) in [5.74, 6) is -0.199. The van der Waals surface area contributed by atoms with Crippen molar-refractivity contribution in [2.45, 2.75) is 11.4 Å². The lowest BCUT2D eigenvalue weighted by atomic mass is 10.2. The van der Waals surface area contributed by atoms with E-state index in [-0.39, 0.29) is 16.5 Å². The van der Waals surface area contributed by atoms with Crippen LogP contribution in [0.4, 0.5) is 5.69 Å². The molecule has 1 N–H and O–H groups in total. The van der Waals surface area contributed by atoms with E-state index in [1.165, 1.54) is 31.4 Å². The minimum Gasteiger partial charge on any atom is -0.495 e. The van der Waals surface area contributed by atoms with Gasteiger partial charge in [-0.3, -0.25) is 4.79 Å². The Balaban J connectivity index is 1.90. The zero-order valence-corrected chi connectivity index (χ0v) is 18.7. The van der Waals surface area contributed by atoms with E-state index in [0.29, 0.717) is 17.0 Å². The van der Waals surface area contributed by atoms with Crippen LogP contribution in [0.3, 0.4) is 0 Å². The second-order valence-electron chi connectivity index (χ2n) is 6.80. The fourth-order valence-electron chi connectivity index (χ4n) is 3.00. The van der Waals surface area contributed by atoms with Crippen LogP contribution in [0.15, 0.2) is 77.7 Å². The molecule has 1 amide bonds. The molecule has 164 valence electrons. The van der Waals surface area contributed by atoms with Gasteiger partial charge in [0.15, 0.2) is 0 Å². The molecule has 3 aromatic rings. The Morgan fingerprint density at radius 1 is 1.09 bits per heavy atom. The predicted molar refractivity (Wildman–Crippen MR) is 122 cm³/mol. The van der Waals surface area contributed by atoms with Crippen LogP contribution in [0, 0.1) is 11.3 Å². The van der Waals surface area contributed by atoms with Crippen LogP contribution < -0.4 is 10.1 Å². The lowest BCUT2D eigenvalue weighted by Crippen LogP contribution is -2.37. The number of nitrogens with one attached hydrogen (secondary N) is 1. The van der Waals surface area contributed by atoms with Crippen molar-refractivity contribution in [2.75, 3.05) is 19.0 Å². The van der Waals surface area contributed by atoms with Gasteiger partial charge in [-0.1, -0.05) is 48.0 Å².